The Bertz CT molecular complexity index is 2270. The van der Waals surface area contributed by atoms with Crippen molar-refractivity contribution in [1.82, 2.24) is 24.8 Å². The van der Waals surface area contributed by atoms with Gasteiger partial charge < -0.3 is 29.6 Å². The number of benzene rings is 4. The highest BCUT2D eigenvalue weighted by molar-refractivity contribution is 5.92. The maximum absolute atomic E-state index is 13.7. The number of amides is 1. The Kier molecular flexibility index (Phi) is 11.4. The van der Waals surface area contributed by atoms with Gasteiger partial charge in [-0.25, -0.2) is 29.3 Å². The molecule has 284 valence electrons. The molecular formula is C42H38N6O8. The number of ether oxygens (including phenoxy) is 4. The summed E-state index contributed by atoms with van der Waals surface area (Å²) in [7, 11) is 1.21. The average Bonchev–Trinajstić information content (AvgIpc) is 3.83. The van der Waals surface area contributed by atoms with Crippen LogP contribution < -0.4 is 10.6 Å². The summed E-state index contributed by atoms with van der Waals surface area (Å²) in [5.41, 5.74) is 2.85. The Morgan fingerprint density at radius 1 is 0.732 bits per heavy atom. The fourth-order valence-electron chi connectivity index (χ4n) is 6.54. The largest absolute Gasteiger partial charge is 0.463 e. The second-order valence-corrected chi connectivity index (χ2v) is 12.8. The molecule has 2 N–H and O–H groups in total. The number of hydrogen-bond donors (Lipinski definition) is 2. The zero-order chi connectivity index (χ0) is 39.0. The van der Waals surface area contributed by atoms with Gasteiger partial charge in [0.15, 0.2) is 41.5 Å². The summed E-state index contributed by atoms with van der Waals surface area (Å²) < 4.78 is 24.8. The zero-order valence-corrected chi connectivity index (χ0v) is 30.5. The van der Waals surface area contributed by atoms with Crippen LogP contribution in [0, 0.1) is 0 Å². The number of nitrogens with zero attached hydrogens (tertiary/aromatic N) is 4. The van der Waals surface area contributed by atoms with Gasteiger partial charge in [0.2, 0.25) is 5.82 Å². The van der Waals surface area contributed by atoms with Crippen LogP contribution in [0.25, 0.3) is 11.2 Å². The van der Waals surface area contributed by atoms with Gasteiger partial charge >= 0.3 is 17.9 Å². The number of nitrogens with one attached hydrogen (secondary N) is 2. The number of fused-ring (bicyclic) bond motifs is 1. The van der Waals surface area contributed by atoms with Crippen LogP contribution in [-0.4, -0.2) is 81.8 Å². The number of methoxy groups -OCH3 is 1. The number of carbonyl (C=O) groups is 4. The Labute approximate surface area is 321 Å². The lowest BCUT2D eigenvalue weighted by Crippen LogP contribution is -2.46. The highest BCUT2D eigenvalue weighted by Crippen LogP contribution is 2.37. The maximum atomic E-state index is 13.7. The summed E-state index contributed by atoms with van der Waals surface area (Å²) in [5.74, 6) is -3.14. The van der Waals surface area contributed by atoms with Crippen LogP contribution in [0.4, 0.5) is 5.82 Å². The molecule has 4 aromatic carbocycles. The van der Waals surface area contributed by atoms with E-state index in [0.717, 1.165) is 11.1 Å². The van der Waals surface area contributed by atoms with Crippen molar-refractivity contribution in [1.29, 1.82) is 0 Å². The van der Waals surface area contributed by atoms with Crippen molar-refractivity contribution < 1.29 is 38.1 Å². The molecule has 1 aliphatic heterocycles. The van der Waals surface area contributed by atoms with E-state index in [0.29, 0.717) is 6.54 Å². The van der Waals surface area contributed by atoms with Crippen molar-refractivity contribution in [3.8, 4) is 0 Å². The van der Waals surface area contributed by atoms with Crippen LogP contribution in [-0.2, 0) is 23.7 Å². The Morgan fingerprint density at radius 2 is 1.27 bits per heavy atom. The van der Waals surface area contributed by atoms with Gasteiger partial charge in [0.1, 0.15) is 0 Å². The first-order valence-electron chi connectivity index (χ1n) is 18.0. The van der Waals surface area contributed by atoms with E-state index in [9.17, 15) is 19.2 Å². The number of imidazole rings is 1. The molecular weight excluding hydrogens is 716 g/mol. The number of anilines is 1. The van der Waals surface area contributed by atoms with E-state index < -0.39 is 48.4 Å². The molecule has 1 saturated heterocycles. The highest BCUT2D eigenvalue weighted by atomic mass is 16.6. The van der Waals surface area contributed by atoms with E-state index in [1.807, 2.05) is 60.7 Å². The number of hydrogen-bond acceptors (Lipinski definition) is 12. The topological polar surface area (TPSA) is 173 Å². The molecule has 4 atom stereocenters. The third-order valence-corrected chi connectivity index (χ3v) is 9.24. The normalized spacial score (nSPS) is 17.6. The smallest absolute Gasteiger partial charge is 0.376 e. The lowest BCUT2D eigenvalue weighted by Gasteiger charge is -2.24. The van der Waals surface area contributed by atoms with Crippen molar-refractivity contribution in [3.05, 3.63) is 156 Å². The van der Waals surface area contributed by atoms with Gasteiger partial charge in [-0.15, -0.1) is 0 Å². The third-order valence-electron chi connectivity index (χ3n) is 9.24. The van der Waals surface area contributed by atoms with E-state index in [1.165, 1.54) is 18.0 Å². The summed E-state index contributed by atoms with van der Waals surface area (Å²) >= 11 is 0. The van der Waals surface area contributed by atoms with Crippen LogP contribution in [0.1, 0.15) is 61.5 Å². The van der Waals surface area contributed by atoms with Crippen molar-refractivity contribution in [2.24, 2.45) is 0 Å². The minimum Gasteiger partial charge on any atom is -0.463 e. The first-order valence-corrected chi connectivity index (χ1v) is 18.0. The molecule has 1 aliphatic rings. The molecule has 56 heavy (non-hydrogen) atoms. The quantitative estimate of drug-likeness (QED) is 0.115. The standard InChI is InChI=1S/C42H38N6O8/c1-3-43-38(49)33-32(55-40(50)28-20-12-6-13-21-28)34(56-41(51)29-22-14-7-15-23-29)39(54-33)48-25-45-31-35(46-36(42(52)53-2)47-37(31)48)44-24-30(26-16-8-4-9-17-26)27-18-10-5-11-19-27/h4-23,25,30,32-34,39H,3,24H2,1-2H3,(H,43,49)(H,44,46,47)/t32-,33+,34-,39?/m1/s1. The predicted molar refractivity (Wildman–Crippen MR) is 204 cm³/mol. The molecule has 14 heteroatoms. The van der Waals surface area contributed by atoms with Crippen molar-refractivity contribution in [3.63, 3.8) is 0 Å². The number of rotatable bonds is 13. The zero-order valence-electron chi connectivity index (χ0n) is 30.5. The van der Waals surface area contributed by atoms with Gasteiger partial charge in [-0.1, -0.05) is 97.1 Å². The number of carbonyl (C=O) groups excluding carboxylic acids is 4. The molecule has 2 aromatic heterocycles. The average molecular weight is 755 g/mol. The summed E-state index contributed by atoms with van der Waals surface area (Å²) in [5, 5.41) is 6.09. The fraction of sp³-hybridized carbons (Fsp3) is 0.214. The monoisotopic (exact) mass is 754 g/mol. The molecule has 6 aromatic rings. The summed E-state index contributed by atoms with van der Waals surface area (Å²) in [6.07, 6.45) is -4.23. The van der Waals surface area contributed by atoms with E-state index in [4.69, 9.17) is 18.9 Å². The molecule has 14 nitrogen and oxygen atoms in total. The lowest BCUT2D eigenvalue weighted by molar-refractivity contribution is -0.137. The molecule has 1 amide bonds. The summed E-state index contributed by atoms with van der Waals surface area (Å²) in [4.78, 5) is 67.4. The van der Waals surface area contributed by atoms with E-state index in [1.54, 1.807) is 67.6 Å². The second kappa shape index (κ2) is 17.0. The number of likely N-dealkylation sites (N-methyl/N-ethyl adjacent to an activating group) is 1. The van der Waals surface area contributed by atoms with Crippen LogP contribution in [0.5, 0.6) is 0 Å². The van der Waals surface area contributed by atoms with Gasteiger partial charge in [-0.2, -0.15) is 0 Å². The minimum atomic E-state index is -1.43. The van der Waals surface area contributed by atoms with Crippen LogP contribution in [0.2, 0.25) is 0 Å². The van der Waals surface area contributed by atoms with Crippen LogP contribution >= 0.6 is 0 Å². The lowest BCUT2D eigenvalue weighted by atomic mass is 9.91. The Hall–Kier alpha value is -6.93. The molecule has 0 saturated carbocycles. The molecule has 3 heterocycles. The highest BCUT2D eigenvalue weighted by Gasteiger charge is 2.54. The van der Waals surface area contributed by atoms with Crippen molar-refractivity contribution >= 4 is 40.8 Å². The third kappa shape index (κ3) is 7.95. The number of aromatic nitrogens is 4. The van der Waals surface area contributed by atoms with E-state index in [-0.39, 0.29) is 46.4 Å². The molecule has 7 rings (SSSR count). The van der Waals surface area contributed by atoms with Gasteiger partial charge in [0.05, 0.1) is 24.6 Å². The molecule has 1 unspecified atom stereocenters. The Morgan fingerprint density at radius 3 is 1.80 bits per heavy atom. The van der Waals surface area contributed by atoms with Crippen LogP contribution in [0.3, 0.4) is 0 Å². The summed E-state index contributed by atoms with van der Waals surface area (Å²) in [6.45, 7) is 2.32. The summed E-state index contributed by atoms with van der Waals surface area (Å²) in [6, 6.07) is 36.3. The van der Waals surface area contributed by atoms with E-state index >= 15 is 0 Å². The molecule has 0 radical (unpaired) electrons. The molecule has 0 bridgehead atoms. The Balaban J connectivity index is 1.31. The molecule has 0 spiro atoms. The first kappa shape index (κ1) is 37.4. The minimum absolute atomic E-state index is 0.0920. The number of esters is 3. The fourth-order valence-corrected chi connectivity index (χ4v) is 6.54. The first-order chi connectivity index (χ1) is 27.4. The van der Waals surface area contributed by atoms with Gasteiger partial charge in [0, 0.05) is 19.0 Å². The molecule has 0 aliphatic carbocycles. The SMILES string of the molecule is CCNC(=O)[C@H]1OC(n2cnc3c(NCC(c4ccccc4)c4ccccc4)nc(C(=O)OC)nc32)[C@H](OC(=O)c2ccccc2)[C@@H]1OC(=O)c1ccccc1. The predicted octanol–water partition coefficient (Wildman–Crippen LogP) is 5.34. The van der Waals surface area contributed by atoms with Crippen molar-refractivity contribution in [2.75, 3.05) is 25.5 Å². The molecule has 1 fully saturated rings. The van der Waals surface area contributed by atoms with Gasteiger partial charge in [0.25, 0.3) is 5.91 Å². The van der Waals surface area contributed by atoms with E-state index in [2.05, 4.69) is 25.6 Å². The van der Waals surface area contributed by atoms with Crippen LogP contribution in [0.15, 0.2) is 128 Å². The van der Waals surface area contributed by atoms with Gasteiger partial charge in [-0.05, 0) is 42.3 Å². The van der Waals surface area contributed by atoms with Crippen molar-refractivity contribution in [2.45, 2.75) is 37.4 Å². The maximum Gasteiger partial charge on any atom is 0.376 e. The second-order valence-electron chi connectivity index (χ2n) is 12.8. The van der Waals surface area contributed by atoms with Gasteiger partial charge in [-0.3, -0.25) is 9.36 Å².